The average molecular weight is 470 g/mol. The van der Waals surface area contributed by atoms with Crippen molar-refractivity contribution in [3.8, 4) is 0 Å². The van der Waals surface area contributed by atoms with Crippen molar-refractivity contribution in [1.82, 2.24) is 10.3 Å². The second-order valence-corrected chi connectivity index (χ2v) is 7.75. The van der Waals surface area contributed by atoms with Crippen LogP contribution in [-0.4, -0.2) is 41.8 Å². The van der Waals surface area contributed by atoms with Crippen molar-refractivity contribution in [2.24, 2.45) is 0 Å². The van der Waals surface area contributed by atoms with Gasteiger partial charge in [0, 0.05) is 24.8 Å². The van der Waals surface area contributed by atoms with Gasteiger partial charge in [0.1, 0.15) is 5.82 Å². The number of aromatic nitrogens is 1. The summed E-state index contributed by atoms with van der Waals surface area (Å²) >= 11 is 0.897. The van der Waals surface area contributed by atoms with E-state index < -0.39 is 35.1 Å². The Balaban J connectivity index is 1.91. The van der Waals surface area contributed by atoms with Gasteiger partial charge in [0.25, 0.3) is 11.5 Å². The predicted molar refractivity (Wildman–Crippen MR) is 112 cm³/mol. The van der Waals surface area contributed by atoms with E-state index in [0.29, 0.717) is 5.69 Å². The van der Waals surface area contributed by atoms with E-state index in [0.717, 1.165) is 28.4 Å². The van der Waals surface area contributed by atoms with Crippen molar-refractivity contribution >= 4 is 44.3 Å². The minimum absolute atomic E-state index is 0.0991. The smallest absolute Gasteiger partial charge is 0.369 e. The molecule has 1 heterocycles. The lowest BCUT2D eigenvalue weighted by Gasteiger charge is -2.29. The molecule has 0 fully saturated rings. The Hall–Kier alpha value is -3.25. The third kappa shape index (κ3) is 4.36. The van der Waals surface area contributed by atoms with Crippen LogP contribution in [0.5, 0.6) is 0 Å². The number of nitrogens with zero attached hydrogens (tertiary/aromatic N) is 2. The number of urea groups is 1. The molecule has 3 rings (SSSR count). The summed E-state index contributed by atoms with van der Waals surface area (Å²) in [5.41, 5.74) is -3.80. The summed E-state index contributed by atoms with van der Waals surface area (Å²) in [7, 11) is 1.40. The largest absolute Gasteiger partial charge is 0.430 e. The summed E-state index contributed by atoms with van der Waals surface area (Å²) in [6, 6.07) is 7.68. The summed E-state index contributed by atoms with van der Waals surface area (Å²) in [6.07, 6.45) is -5.26. The molecule has 3 N–H and O–H groups in total. The lowest BCUT2D eigenvalue weighted by Crippen LogP contribution is -2.54. The van der Waals surface area contributed by atoms with Crippen molar-refractivity contribution < 1.29 is 32.3 Å². The molecule has 0 spiro atoms. The lowest BCUT2D eigenvalue weighted by atomic mass is 9.92. The number of benzene rings is 2. The van der Waals surface area contributed by atoms with Crippen LogP contribution in [-0.2, 0) is 10.4 Å². The van der Waals surface area contributed by atoms with E-state index in [4.69, 9.17) is 0 Å². The number of hydrogen-bond donors (Lipinski definition) is 3. The maximum Gasteiger partial charge on any atom is 0.430 e. The Morgan fingerprint density at radius 1 is 1.16 bits per heavy atom. The number of hydrogen-bond acceptors (Lipinski definition) is 5. The number of anilines is 2. The molecule has 3 amide bonds. The number of halogens is 4. The van der Waals surface area contributed by atoms with E-state index in [2.05, 4.69) is 10.3 Å². The number of likely N-dealkylation sites (N-methyl/N-ethyl adjacent to an activating group) is 1. The van der Waals surface area contributed by atoms with Gasteiger partial charge in [-0.3, -0.25) is 9.69 Å². The van der Waals surface area contributed by atoms with Gasteiger partial charge in [-0.2, -0.15) is 13.2 Å². The molecule has 12 heteroatoms. The Kier molecular flexibility index (Phi) is 6.37. The number of fused-ring (bicyclic) bond motifs is 1. The molecular formula is C20H18F4N4O3S. The average Bonchev–Trinajstić information content (AvgIpc) is 3.16. The summed E-state index contributed by atoms with van der Waals surface area (Å²) < 4.78 is 54.1. The molecule has 0 aliphatic heterocycles. The van der Waals surface area contributed by atoms with E-state index in [1.807, 2.05) is 5.32 Å². The normalized spacial score (nSPS) is 13.5. The van der Waals surface area contributed by atoms with Crippen molar-refractivity contribution in [3.05, 3.63) is 53.8 Å². The highest BCUT2D eigenvalue weighted by Gasteiger charge is 2.60. The van der Waals surface area contributed by atoms with Crippen molar-refractivity contribution in [3.63, 3.8) is 0 Å². The van der Waals surface area contributed by atoms with Crippen LogP contribution in [0.1, 0.15) is 12.5 Å². The van der Waals surface area contributed by atoms with Crippen molar-refractivity contribution in [1.29, 1.82) is 0 Å². The second-order valence-electron chi connectivity index (χ2n) is 6.74. The van der Waals surface area contributed by atoms with Crippen LogP contribution in [0.3, 0.4) is 0 Å². The third-order valence-electron chi connectivity index (χ3n) is 4.56. The van der Waals surface area contributed by atoms with Gasteiger partial charge in [-0.25, -0.2) is 14.2 Å². The fourth-order valence-corrected chi connectivity index (χ4v) is 3.79. The number of thiazole rings is 1. The molecule has 0 aliphatic rings. The molecule has 0 saturated carbocycles. The van der Waals surface area contributed by atoms with E-state index in [1.54, 1.807) is 0 Å². The molecule has 0 aliphatic carbocycles. The van der Waals surface area contributed by atoms with E-state index in [1.165, 1.54) is 44.3 Å². The van der Waals surface area contributed by atoms with Gasteiger partial charge in [0.05, 0.1) is 10.2 Å². The Labute approximate surface area is 183 Å². The summed E-state index contributed by atoms with van der Waals surface area (Å²) in [4.78, 5) is 29.9. The Morgan fingerprint density at radius 2 is 1.81 bits per heavy atom. The number of nitrogens with one attached hydrogen (secondary N) is 2. The maximum atomic E-state index is 13.6. The quantitative estimate of drug-likeness (QED) is 0.492. The van der Waals surface area contributed by atoms with Crippen molar-refractivity contribution in [2.75, 3.05) is 23.8 Å². The zero-order valence-electron chi connectivity index (χ0n) is 16.8. The molecule has 32 heavy (non-hydrogen) atoms. The topological polar surface area (TPSA) is 94.6 Å². The number of aliphatic hydroxyl groups is 1. The Morgan fingerprint density at radius 3 is 2.41 bits per heavy atom. The predicted octanol–water partition coefficient (Wildman–Crippen LogP) is 3.99. The van der Waals surface area contributed by atoms with Gasteiger partial charge in [-0.1, -0.05) is 17.4 Å². The highest BCUT2D eigenvalue weighted by molar-refractivity contribution is 7.22. The number of carbonyl (C=O) groups excluding carboxylic acids is 2. The number of rotatable bonds is 5. The lowest BCUT2D eigenvalue weighted by molar-refractivity contribution is -0.256. The number of carbonyl (C=O) groups is 2. The maximum absolute atomic E-state index is 13.6. The van der Waals surface area contributed by atoms with Gasteiger partial charge in [0.15, 0.2) is 5.13 Å². The van der Waals surface area contributed by atoms with Gasteiger partial charge in [-0.05, 0) is 43.3 Å². The van der Waals surface area contributed by atoms with Gasteiger partial charge >= 0.3 is 12.2 Å². The molecule has 1 aromatic heterocycles. The molecule has 7 nitrogen and oxygen atoms in total. The fraction of sp³-hybridized carbons (Fsp3) is 0.250. The molecule has 0 bridgehead atoms. The van der Waals surface area contributed by atoms with E-state index in [9.17, 15) is 32.3 Å². The van der Waals surface area contributed by atoms with Crippen LogP contribution in [0.25, 0.3) is 10.2 Å². The molecule has 0 radical (unpaired) electrons. The Bertz CT molecular complexity index is 1150. The first-order chi connectivity index (χ1) is 15.0. The molecule has 1 atom stereocenters. The molecular weight excluding hydrogens is 452 g/mol. The zero-order valence-corrected chi connectivity index (χ0v) is 17.6. The van der Waals surface area contributed by atoms with Crippen LogP contribution in [0, 0.1) is 5.82 Å². The van der Waals surface area contributed by atoms with E-state index in [-0.39, 0.29) is 21.9 Å². The molecule has 170 valence electrons. The van der Waals surface area contributed by atoms with Crippen molar-refractivity contribution in [2.45, 2.75) is 18.7 Å². The molecule has 0 unspecified atom stereocenters. The standard InChI is InChI=1S/C20H18F4N4O3S/c1-3-25-16(29)19(31,20(22,23)24)11-4-9-14-15(10-11)32-18(27-14)28(2)17(30)26-13-7-5-12(21)6-8-13/h4-10,31H,3H2,1-2H3,(H,25,29)(H,26,30)/t19-/m0/s1. The van der Waals surface area contributed by atoms with Crippen LogP contribution in [0.15, 0.2) is 42.5 Å². The molecule has 2 aromatic carbocycles. The first-order valence-corrected chi connectivity index (χ1v) is 10.1. The monoisotopic (exact) mass is 470 g/mol. The SMILES string of the molecule is CCNC(=O)[C@@](O)(c1ccc2nc(N(C)C(=O)Nc3ccc(F)cc3)sc2c1)C(F)(F)F. The second kappa shape index (κ2) is 8.71. The zero-order chi connectivity index (χ0) is 23.7. The minimum Gasteiger partial charge on any atom is -0.369 e. The highest BCUT2D eigenvalue weighted by atomic mass is 32.1. The molecule has 3 aromatic rings. The minimum atomic E-state index is -5.26. The summed E-state index contributed by atoms with van der Waals surface area (Å²) in [6.45, 7) is 1.33. The van der Waals surface area contributed by atoms with Gasteiger partial charge in [0.2, 0.25) is 0 Å². The van der Waals surface area contributed by atoms with Crippen LogP contribution >= 0.6 is 11.3 Å². The first kappa shape index (κ1) is 23.4. The third-order valence-corrected chi connectivity index (χ3v) is 5.65. The van der Waals surface area contributed by atoms with Crippen LogP contribution < -0.4 is 15.5 Å². The molecule has 0 saturated heterocycles. The van der Waals surface area contributed by atoms with Gasteiger partial charge < -0.3 is 15.7 Å². The summed E-state index contributed by atoms with van der Waals surface area (Å²) in [5.74, 6) is -2.06. The first-order valence-electron chi connectivity index (χ1n) is 9.26. The summed E-state index contributed by atoms with van der Waals surface area (Å²) in [5, 5.41) is 15.0. The highest BCUT2D eigenvalue weighted by Crippen LogP contribution is 2.41. The van der Waals surface area contributed by atoms with E-state index >= 15 is 0 Å². The van der Waals surface area contributed by atoms with Crippen LogP contribution in [0.2, 0.25) is 0 Å². The van der Waals surface area contributed by atoms with Gasteiger partial charge in [-0.15, -0.1) is 0 Å². The number of amides is 3. The van der Waals surface area contributed by atoms with Crippen LogP contribution in [0.4, 0.5) is 33.2 Å². The number of alkyl halides is 3. The fourth-order valence-electron chi connectivity index (χ4n) is 2.82.